The van der Waals surface area contributed by atoms with Crippen LogP contribution < -0.4 is 5.32 Å². The molecule has 0 spiro atoms. The Labute approximate surface area is 140 Å². The summed E-state index contributed by atoms with van der Waals surface area (Å²) in [6.45, 7) is 3.28. The molecule has 0 bridgehead atoms. The van der Waals surface area contributed by atoms with Crippen LogP contribution in [0.4, 0.5) is 8.78 Å². The number of halogens is 2. The molecule has 1 aliphatic carbocycles. The average Bonchev–Trinajstić information content (AvgIpc) is 2.50. The second kappa shape index (κ2) is 7.92. The van der Waals surface area contributed by atoms with Crippen molar-refractivity contribution in [2.24, 2.45) is 0 Å². The summed E-state index contributed by atoms with van der Waals surface area (Å²) in [5.41, 5.74) is 0.581. The molecule has 3 atom stereocenters. The summed E-state index contributed by atoms with van der Waals surface area (Å²) in [6.07, 6.45) is 1.46. The van der Waals surface area contributed by atoms with Crippen LogP contribution in [0.25, 0.3) is 0 Å². The van der Waals surface area contributed by atoms with Crippen molar-refractivity contribution in [3.05, 3.63) is 35.4 Å². The molecule has 3 nitrogen and oxygen atoms in total. The van der Waals surface area contributed by atoms with Gasteiger partial charge in [-0.1, -0.05) is 6.07 Å². The molecule has 0 radical (unpaired) electrons. The highest BCUT2D eigenvalue weighted by Gasteiger charge is 2.34. The average molecular weight is 342 g/mol. The molecule has 0 amide bonds. The standard InChI is InChI=1S/C17H24F2N2OS/c18-12-1-2-14(16(19)9-12)15-3-4-17(15)20-10-13(22)11-21-5-7-23-8-6-21/h1-2,9,13,15,17,20,22H,3-8,10-11H2/t13?,15-,17-/m1/s1. The van der Waals surface area contributed by atoms with E-state index in [1.807, 2.05) is 11.8 Å². The quantitative estimate of drug-likeness (QED) is 0.831. The first-order valence-electron chi connectivity index (χ1n) is 8.30. The Morgan fingerprint density at radius 1 is 1.26 bits per heavy atom. The Balaban J connectivity index is 1.46. The van der Waals surface area contributed by atoms with E-state index in [0.717, 1.165) is 43.5 Å². The zero-order chi connectivity index (χ0) is 16.2. The van der Waals surface area contributed by atoms with E-state index >= 15 is 0 Å². The third kappa shape index (κ3) is 4.44. The smallest absolute Gasteiger partial charge is 0.129 e. The molecule has 1 saturated carbocycles. The van der Waals surface area contributed by atoms with Gasteiger partial charge in [-0.15, -0.1) is 0 Å². The molecule has 2 fully saturated rings. The fraction of sp³-hybridized carbons (Fsp3) is 0.647. The van der Waals surface area contributed by atoms with E-state index < -0.39 is 17.7 Å². The van der Waals surface area contributed by atoms with E-state index in [1.54, 1.807) is 6.07 Å². The van der Waals surface area contributed by atoms with Crippen LogP contribution in [0.1, 0.15) is 24.3 Å². The van der Waals surface area contributed by atoms with Gasteiger partial charge < -0.3 is 10.4 Å². The summed E-state index contributed by atoms with van der Waals surface area (Å²) in [5.74, 6) is 1.34. The van der Waals surface area contributed by atoms with Crippen molar-refractivity contribution in [1.29, 1.82) is 0 Å². The predicted octanol–water partition coefficient (Wildman–Crippen LogP) is 2.21. The normalized spacial score (nSPS) is 26.7. The zero-order valence-electron chi connectivity index (χ0n) is 13.2. The van der Waals surface area contributed by atoms with Crippen molar-refractivity contribution in [3.8, 4) is 0 Å². The van der Waals surface area contributed by atoms with Gasteiger partial charge in [0.05, 0.1) is 6.10 Å². The van der Waals surface area contributed by atoms with Gasteiger partial charge >= 0.3 is 0 Å². The second-order valence-electron chi connectivity index (χ2n) is 6.43. The summed E-state index contributed by atoms with van der Waals surface area (Å²) in [4.78, 5) is 2.29. The molecule has 6 heteroatoms. The maximum Gasteiger partial charge on any atom is 0.129 e. The van der Waals surface area contributed by atoms with Crippen LogP contribution in [0.15, 0.2) is 18.2 Å². The molecule has 1 unspecified atom stereocenters. The highest BCUT2D eigenvalue weighted by Crippen LogP contribution is 2.38. The van der Waals surface area contributed by atoms with Gasteiger partial charge in [-0.3, -0.25) is 4.90 Å². The highest BCUT2D eigenvalue weighted by molar-refractivity contribution is 7.99. The minimum atomic E-state index is -0.537. The molecule has 128 valence electrons. The topological polar surface area (TPSA) is 35.5 Å². The molecule has 1 aliphatic heterocycles. The number of hydrogen-bond donors (Lipinski definition) is 2. The maximum absolute atomic E-state index is 13.9. The van der Waals surface area contributed by atoms with Gasteiger partial charge in [-0.25, -0.2) is 8.78 Å². The highest BCUT2D eigenvalue weighted by atomic mass is 32.2. The molecule has 1 aromatic rings. The van der Waals surface area contributed by atoms with E-state index in [4.69, 9.17) is 0 Å². The molecule has 2 aliphatic rings. The lowest BCUT2D eigenvalue weighted by molar-refractivity contribution is 0.107. The van der Waals surface area contributed by atoms with Crippen molar-refractivity contribution in [2.75, 3.05) is 37.7 Å². The molecule has 23 heavy (non-hydrogen) atoms. The minimum absolute atomic E-state index is 0.0780. The van der Waals surface area contributed by atoms with E-state index in [-0.39, 0.29) is 12.0 Å². The van der Waals surface area contributed by atoms with Crippen molar-refractivity contribution in [2.45, 2.75) is 30.9 Å². The first-order valence-corrected chi connectivity index (χ1v) is 9.45. The lowest BCUT2D eigenvalue weighted by Crippen LogP contribution is -2.48. The molecular formula is C17H24F2N2OS. The summed E-state index contributed by atoms with van der Waals surface area (Å²) in [7, 11) is 0. The fourth-order valence-electron chi connectivity index (χ4n) is 3.35. The third-order valence-corrected chi connectivity index (χ3v) is 5.77. The number of hydrogen-bond acceptors (Lipinski definition) is 4. The van der Waals surface area contributed by atoms with E-state index in [2.05, 4.69) is 10.2 Å². The summed E-state index contributed by atoms with van der Waals surface area (Å²) in [6, 6.07) is 3.98. The van der Waals surface area contributed by atoms with E-state index in [1.165, 1.54) is 6.07 Å². The van der Waals surface area contributed by atoms with Gasteiger partial charge in [0.25, 0.3) is 0 Å². The van der Waals surface area contributed by atoms with Crippen molar-refractivity contribution in [3.63, 3.8) is 0 Å². The number of thioether (sulfide) groups is 1. The van der Waals surface area contributed by atoms with Gasteiger partial charge in [0.2, 0.25) is 0 Å². The fourth-order valence-corrected chi connectivity index (χ4v) is 4.33. The number of β-amino-alcohol motifs (C(OH)–C–C–N with tert-alkyl or cyclic N) is 1. The second-order valence-corrected chi connectivity index (χ2v) is 7.66. The zero-order valence-corrected chi connectivity index (χ0v) is 14.0. The van der Waals surface area contributed by atoms with Gasteiger partial charge in [-0.05, 0) is 24.5 Å². The van der Waals surface area contributed by atoms with Crippen LogP contribution >= 0.6 is 11.8 Å². The maximum atomic E-state index is 13.9. The number of nitrogens with zero attached hydrogens (tertiary/aromatic N) is 1. The molecule has 1 saturated heterocycles. The van der Waals surface area contributed by atoms with Gasteiger partial charge in [-0.2, -0.15) is 11.8 Å². The predicted molar refractivity (Wildman–Crippen MR) is 89.9 cm³/mol. The largest absolute Gasteiger partial charge is 0.390 e. The summed E-state index contributed by atoms with van der Waals surface area (Å²) >= 11 is 1.96. The van der Waals surface area contributed by atoms with Crippen molar-refractivity contribution >= 4 is 11.8 Å². The lowest BCUT2D eigenvalue weighted by Gasteiger charge is -2.38. The Hall–Kier alpha value is -0.690. The molecule has 2 N–H and O–H groups in total. The lowest BCUT2D eigenvalue weighted by atomic mass is 9.75. The van der Waals surface area contributed by atoms with Crippen molar-refractivity contribution < 1.29 is 13.9 Å². The first-order chi connectivity index (χ1) is 11.1. The number of nitrogens with one attached hydrogen (secondary N) is 1. The molecule has 0 aromatic heterocycles. The molecule has 1 heterocycles. The third-order valence-electron chi connectivity index (χ3n) is 4.82. The number of aliphatic hydroxyl groups is 1. The monoisotopic (exact) mass is 342 g/mol. The summed E-state index contributed by atoms with van der Waals surface area (Å²) in [5, 5.41) is 13.5. The van der Waals surface area contributed by atoms with Crippen LogP contribution in [0.2, 0.25) is 0 Å². The van der Waals surface area contributed by atoms with Crippen LogP contribution in [-0.4, -0.2) is 59.8 Å². The summed E-state index contributed by atoms with van der Waals surface area (Å²) < 4.78 is 26.9. The van der Waals surface area contributed by atoms with Gasteiger partial charge in [0, 0.05) is 55.7 Å². The van der Waals surface area contributed by atoms with Gasteiger partial charge in [0.15, 0.2) is 0 Å². The van der Waals surface area contributed by atoms with E-state index in [9.17, 15) is 13.9 Å². The SMILES string of the molecule is OC(CN[C@@H]1CC[C@@H]1c1ccc(F)cc1F)CN1CCSCC1. The van der Waals surface area contributed by atoms with Crippen LogP contribution in [0.3, 0.4) is 0 Å². The minimum Gasteiger partial charge on any atom is -0.390 e. The number of rotatable bonds is 6. The van der Waals surface area contributed by atoms with Gasteiger partial charge in [0.1, 0.15) is 11.6 Å². The molecule has 3 rings (SSSR count). The Kier molecular flexibility index (Phi) is 5.91. The Morgan fingerprint density at radius 2 is 2.04 bits per heavy atom. The number of benzene rings is 1. The van der Waals surface area contributed by atoms with Crippen LogP contribution in [0, 0.1) is 11.6 Å². The van der Waals surface area contributed by atoms with Crippen molar-refractivity contribution in [1.82, 2.24) is 10.2 Å². The van der Waals surface area contributed by atoms with E-state index in [0.29, 0.717) is 18.7 Å². The number of aliphatic hydroxyl groups excluding tert-OH is 1. The Bertz CT molecular complexity index is 525. The molecular weight excluding hydrogens is 318 g/mol. The first kappa shape index (κ1) is 17.1. The van der Waals surface area contributed by atoms with Crippen LogP contribution in [0.5, 0.6) is 0 Å². The van der Waals surface area contributed by atoms with Crippen LogP contribution in [-0.2, 0) is 0 Å². The Morgan fingerprint density at radius 3 is 2.70 bits per heavy atom. The molecule has 1 aromatic carbocycles.